The Morgan fingerprint density at radius 3 is 2.54 bits per heavy atom. The number of rotatable bonds is 12. The molecule has 2 heterocycles. The Labute approximate surface area is 216 Å². The highest BCUT2D eigenvalue weighted by Crippen LogP contribution is 2.29. The standard InChI is InChI=1S/C28H32N6O3/c1-3-37-25(35)13-14-29-15-16-30-28(36)22-11-9-21(10-12-22)24-17-23-26(31-18-32-27(23)34-24)33-19(2)20-7-5-4-6-8-20/h4-12,17-19,29H,3,13-16H2,1-2H3,(H,30,36)(H2,31,32,33,34)/t19-/m1/s1. The number of amides is 1. The number of nitrogens with zero attached hydrogens (tertiary/aromatic N) is 2. The molecule has 1 amide bonds. The maximum Gasteiger partial charge on any atom is 0.307 e. The zero-order valence-electron chi connectivity index (χ0n) is 21.1. The van der Waals surface area contributed by atoms with Crippen molar-refractivity contribution in [3.05, 3.63) is 78.1 Å². The summed E-state index contributed by atoms with van der Waals surface area (Å²) in [6.07, 6.45) is 1.86. The predicted octanol–water partition coefficient (Wildman–Crippen LogP) is 4.07. The van der Waals surface area contributed by atoms with Crippen molar-refractivity contribution < 1.29 is 14.3 Å². The van der Waals surface area contributed by atoms with Crippen LogP contribution in [0.5, 0.6) is 0 Å². The molecule has 2 aromatic carbocycles. The topological polar surface area (TPSA) is 121 Å². The number of aromatic nitrogens is 3. The molecule has 0 unspecified atom stereocenters. The van der Waals surface area contributed by atoms with Gasteiger partial charge in [0.05, 0.1) is 18.4 Å². The zero-order valence-corrected chi connectivity index (χ0v) is 21.1. The molecule has 1 atom stereocenters. The van der Waals surface area contributed by atoms with Gasteiger partial charge in [0.15, 0.2) is 0 Å². The summed E-state index contributed by atoms with van der Waals surface area (Å²) in [7, 11) is 0. The summed E-state index contributed by atoms with van der Waals surface area (Å²) in [6, 6.07) is 19.7. The molecule has 0 aliphatic rings. The number of benzene rings is 2. The number of nitrogens with one attached hydrogen (secondary N) is 4. The summed E-state index contributed by atoms with van der Waals surface area (Å²) in [5.41, 5.74) is 4.32. The van der Waals surface area contributed by atoms with Crippen LogP contribution in [0.3, 0.4) is 0 Å². The molecule has 0 bridgehead atoms. The second-order valence-corrected chi connectivity index (χ2v) is 8.58. The molecule has 192 valence electrons. The van der Waals surface area contributed by atoms with E-state index in [2.05, 4.69) is 50.0 Å². The van der Waals surface area contributed by atoms with Crippen LogP contribution >= 0.6 is 0 Å². The molecule has 0 aliphatic carbocycles. The molecule has 0 aliphatic heterocycles. The number of H-pyrrole nitrogens is 1. The second-order valence-electron chi connectivity index (χ2n) is 8.58. The van der Waals surface area contributed by atoms with Gasteiger partial charge in [0.2, 0.25) is 0 Å². The molecule has 0 spiro atoms. The third-order valence-electron chi connectivity index (χ3n) is 5.94. The molecule has 0 saturated heterocycles. The molecule has 4 N–H and O–H groups in total. The van der Waals surface area contributed by atoms with Gasteiger partial charge in [-0.3, -0.25) is 9.59 Å². The molecule has 0 fully saturated rings. The summed E-state index contributed by atoms with van der Waals surface area (Å²) in [5.74, 6) is 0.383. The van der Waals surface area contributed by atoms with E-state index in [0.29, 0.717) is 38.2 Å². The van der Waals surface area contributed by atoms with E-state index in [0.717, 1.165) is 28.1 Å². The quantitative estimate of drug-likeness (QED) is 0.171. The Balaban J connectivity index is 1.34. The van der Waals surface area contributed by atoms with Crippen LogP contribution in [-0.4, -0.2) is 53.1 Å². The Kier molecular flexibility index (Phi) is 8.83. The van der Waals surface area contributed by atoms with E-state index in [1.54, 1.807) is 25.4 Å². The third-order valence-corrected chi connectivity index (χ3v) is 5.94. The van der Waals surface area contributed by atoms with Crippen molar-refractivity contribution in [3.63, 3.8) is 0 Å². The van der Waals surface area contributed by atoms with Crippen molar-refractivity contribution >= 4 is 28.7 Å². The van der Waals surface area contributed by atoms with E-state index in [1.165, 1.54) is 5.56 Å². The van der Waals surface area contributed by atoms with Crippen molar-refractivity contribution in [2.75, 3.05) is 31.6 Å². The lowest BCUT2D eigenvalue weighted by Gasteiger charge is -2.15. The fourth-order valence-electron chi connectivity index (χ4n) is 3.96. The van der Waals surface area contributed by atoms with Gasteiger partial charge in [-0.25, -0.2) is 9.97 Å². The Morgan fingerprint density at radius 2 is 1.78 bits per heavy atom. The maximum absolute atomic E-state index is 12.5. The monoisotopic (exact) mass is 500 g/mol. The lowest BCUT2D eigenvalue weighted by Crippen LogP contribution is -2.32. The van der Waals surface area contributed by atoms with E-state index in [9.17, 15) is 9.59 Å². The fraction of sp³-hybridized carbons (Fsp3) is 0.286. The van der Waals surface area contributed by atoms with Crippen molar-refractivity contribution in [1.29, 1.82) is 0 Å². The highest BCUT2D eigenvalue weighted by atomic mass is 16.5. The first-order chi connectivity index (χ1) is 18.0. The lowest BCUT2D eigenvalue weighted by molar-refractivity contribution is -0.142. The second kappa shape index (κ2) is 12.6. The number of fused-ring (bicyclic) bond motifs is 1. The average Bonchev–Trinajstić information content (AvgIpc) is 3.37. The van der Waals surface area contributed by atoms with Crippen LogP contribution in [0.1, 0.15) is 42.2 Å². The third kappa shape index (κ3) is 6.92. The van der Waals surface area contributed by atoms with Gasteiger partial charge >= 0.3 is 5.97 Å². The molecule has 37 heavy (non-hydrogen) atoms. The van der Waals surface area contributed by atoms with Gasteiger partial charge in [0, 0.05) is 36.9 Å². The summed E-state index contributed by atoms with van der Waals surface area (Å²) >= 11 is 0. The van der Waals surface area contributed by atoms with E-state index < -0.39 is 0 Å². The number of aromatic amines is 1. The first kappa shape index (κ1) is 25.8. The summed E-state index contributed by atoms with van der Waals surface area (Å²) in [5, 5.41) is 10.4. The number of anilines is 1. The van der Waals surface area contributed by atoms with Crippen LogP contribution in [0.15, 0.2) is 67.0 Å². The van der Waals surface area contributed by atoms with Crippen LogP contribution in [-0.2, 0) is 9.53 Å². The molecular formula is C28H32N6O3. The zero-order chi connectivity index (χ0) is 26.0. The summed E-state index contributed by atoms with van der Waals surface area (Å²) < 4.78 is 4.88. The normalized spacial score (nSPS) is 11.7. The minimum absolute atomic E-state index is 0.0863. The lowest BCUT2D eigenvalue weighted by atomic mass is 10.1. The maximum atomic E-state index is 12.5. The molecule has 9 heteroatoms. The number of hydrogen-bond acceptors (Lipinski definition) is 7. The Morgan fingerprint density at radius 1 is 1.00 bits per heavy atom. The van der Waals surface area contributed by atoms with Gasteiger partial charge in [-0.1, -0.05) is 42.5 Å². The first-order valence-electron chi connectivity index (χ1n) is 12.5. The summed E-state index contributed by atoms with van der Waals surface area (Å²) in [6.45, 7) is 5.80. The van der Waals surface area contributed by atoms with Crippen LogP contribution in [0.2, 0.25) is 0 Å². The molecule has 0 radical (unpaired) electrons. The minimum Gasteiger partial charge on any atom is -0.466 e. The van der Waals surface area contributed by atoms with Gasteiger partial charge < -0.3 is 25.7 Å². The van der Waals surface area contributed by atoms with Crippen LogP contribution < -0.4 is 16.0 Å². The predicted molar refractivity (Wildman–Crippen MR) is 144 cm³/mol. The van der Waals surface area contributed by atoms with Crippen LogP contribution in [0.25, 0.3) is 22.3 Å². The van der Waals surface area contributed by atoms with E-state index >= 15 is 0 Å². The van der Waals surface area contributed by atoms with Crippen molar-refractivity contribution in [3.8, 4) is 11.3 Å². The van der Waals surface area contributed by atoms with Crippen molar-refractivity contribution in [2.45, 2.75) is 26.3 Å². The van der Waals surface area contributed by atoms with E-state index in [1.807, 2.05) is 36.4 Å². The van der Waals surface area contributed by atoms with Crippen LogP contribution in [0, 0.1) is 0 Å². The molecule has 2 aromatic heterocycles. The molecular weight excluding hydrogens is 468 g/mol. The van der Waals surface area contributed by atoms with Crippen molar-refractivity contribution in [2.24, 2.45) is 0 Å². The van der Waals surface area contributed by atoms with Gasteiger partial charge in [0.25, 0.3) is 5.91 Å². The fourth-order valence-corrected chi connectivity index (χ4v) is 3.96. The minimum atomic E-state index is -0.227. The number of esters is 1. The SMILES string of the molecule is CCOC(=O)CCNCCNC(=O)c1ccc(-c2cc3c(N[C@H](C)c4ccccc4)ncnc3[nH]2)cc1. The summed E-state index contributed by atoms with van der Waals surface area (Å²) in [4.78, 5) is 36.0. The highest BCUT2D eigenvalue weighted by molar-refractivity contribution is 5.95. The van der Waals surface area contributed by atoms with E-state index in [-0.39, 0.29) is 17.9 Å². The first-order valence-corrected chi connectivity index (χ1v) is 12.5. The molecule has 4 aromatic rings. The average molecular weight is 501 g/mol. The smallest absolute Gasteiger partial charge is 0.307 e. The number of ether oxygens (including phenoxy) is 1. The number of carbonyl (C=O) groups excluding carboxylic acids is 2. The van der Waals surface area contributed by atoms with E-state index in [4.69, 9.17) is 4.74 Å². The molecule has 0 saturated carbocycles. The Hall–Kier alpha value is -4.24. The molecule has 4 rings (SSSR count). The van der Waals surface area contributed by atoms with Gasteiger partial charge in [-0.2, -0.15) is 0 Å². The Bertz CT molecular complexity index is 1320. The van der Waals surface area contributed by atoms with Crippen molar-refractivity contribution in [1.82, 2.24) is 25.6 Å². The van der Waals surface area contributed by atoms with Crippen LogP contribution in [0.4, 0.5) is 5.82 Å². The van der Waals surface area contributed by atoms with Gasteiger partial charge in [-0.15, -0.1) is 0 Å². The number of hydrogen-bond donors (Lipinski definition) is 4. The highest BCUT2D eigenvalue weighted by Gasteiger charge is 2.13. The number of carbonyl (C=O) groups is 2. The van der Waals surface area contributed by atoms with Gasteiger partial charge in [0.1, 0.15) is 17.8 Å². The van der Waals surface area contributed by atoms with Gasteiger partial charge in [-0.05, 0) is 43.2 Å². The largest absolute Gasteiger partial charge is 0.466 e. The molecule has 9 nitrogen and oxygen atoms in total.